The van der Waals surface area contributed by atoms with Crippen LogP contribution in [0, 0.1) is 0 Å². The van der Waals surface area contributed by atoms with Crippen LogP contribution in [0.4, 0.5) is 0 Å². The van der Waals surface area contributed by atoms with Gasteiger partial charge in [0.25, 0.3) is 0 Å². The number of hydrogen-bond acceptors (Lipinski definition) is 4. The van der Waals surface area contributed by atoms with Crippen LogP contribution in [-0.4, -0.2) is 18.1 Å². The van der Waals surface area contributed by atoms with Crippen molar-refractivity contribution >= 4 is 11.3 Å². The lowest BCUT2D eigenvalue weighted by molar-refractivity contribution is 0.121. The summed E-state index contributed by atoms with van der Waals surface area (Å²) in [5, 5.41) is 1.05. The Bertz CT molecular complexity index is 237. The van der Waals surface area contributed by atoms with Gasteiger partial charge in [0, 0.05) is 17.7 Å². The van der Waals surface area contributed by atoms with Gasteiger partial charge in [-0.05, 0) is 19.4 Å². The van der Waals surface area contributed by atoms with Gasteiger partial charge in [0.1, 0.15) is 5.01 Å². The average Bonchev–Trinajstić information content (AvgIpc) is 2.54. The monoisotopic (exact) mass is 200 g/mol. The van der Waals surface area contributed by atoms with E-state index in [1.807, 2.05) is 6.20 Å². The second kappa shape index (κ2) is 6.07. The summed E-state index contributed by atoms with van der Waals surface area (Å²) in [6, 6.07) is 0. The number of rotatable bonds is 6. The molecule has 0 atom stereocenters. The number of hydrogen-bond donors (Lipinski definition) is 1. The van der Waals surface area contributed by atoms with E-state index < -0.39 is 0 Å². The molecule has 2 N–H and O–H groups in total. The third-order valence-corrected chi connectivity index (χ3v) is 2.60. The molecule has 13 heavy (non-hydrogen) atoms. The van der Waals surface area contributed by atoms with Gasteiger partial charge in [-0.2, -0.15) is 0 Å². The fraction of sp³-hybridized carbons (Fsp3) is 0.667. The quantitative estimate of drug-likeness (QED) is 0.709. The van der Waals surface area contributed by atoms with Crippen molar-refractivity contribution in [3.8, 4) is 0 Å². The molecule has 0 radical (unpaired) electrons. The van der Waals surface area contributed by atoms with E-state index >= 15 is 0 Å². The summed E-state index contributed by atoms with van der Waals surface area (Å²) in [7, 11) is 0. The van der Waals surface area contributed by atoms with Gasteiger partial charge in [0.05, 0.1) is 6.61 Å². The van der Waals surface area contributed by atoms with Crippen LogP contribution in [0.5, 0.6) is 0 Å². The molecule has 0 unspecified atom stereocenters. The molecule has 0 spiro atoms. The second-order valence-corrected chi connectivity index (χ2v) is 4.01. The van der Waals surface area contributed by atoms with Gasteiger partial charge in [0.15, 0.2) is 0 Å². The maximum Gasteiger partial charge on any atom is 0.119 e. The highest BCUT2D eigenvalue weighted by atomic mass is 32.1. The molecule has 74 valence electrons. The zero-order chi connectivity index (χ0) is 9.52. The first-order chi connectivity index (χ1) is 6.36. The van der Waals surface area contributed by atoms with Crippen LogP contribution in [0.3, 0.4) is 0 Å². The first-order valence-corrected chi connectivity index (χ1v) is 5.40. The molecular weight excluding hydrogens is 184 g/mol. The van der Waals surface area contributed by atoms with E-state index in [2.05, 4.69) is 11.9 Å². The maximum absolute atomic E-state index is 5.44. The molecule has 1 aromatic rings. The number of thiazole rings is 1. The summed E-state index contributed by atoms with van der Waals surface area (Å²) < 4.78 is 5.38. The van der Waals surface area contributed by atoms with Crippen LogP contribution in [-0.2, 0) is 17.8 Å². The summed E-state index contributed by atoms with van der Waals surface area (Å²) in [4.78, 5) is 5.49. The van der Waals surface area contributed by atoms with Crippen molar-refractivity contribution in [1.29, 1.82) is 0 Å². The van der Waals surface area contributed by atoms with Crippen LogP contribution in [0.25, 0.3) is 0 Å². The predicted octanol–water partition coefficient (Wildman–Crippen LogP) is 1.57. The average molecular weight is 200 g/mol. The lowest BCUT2D eigenvalue weighted by atomic mass is 10.4. The van der Waals surface area contributed by atoms with Crippen LogP contribution < -0.4 is 5.73 Å². The molecule has 0 aliphatic rings. The van der Waals surface area contributed by atoms with E-state index in [0.29, 0.717) is 13.2 Å². The Morgan fingerprint density at radius 1 is 1.62 bits per heavy atom. The van der Waals surface area contributed by atoms with Crippen LogP contribution in [0.1, 0.15) is 23.2 Å². The van der Waals surface area contributed by atoms with Crippen molar-refractivity contribution in [3.63, 3.8) is 0 Å². The highest BCUT2D eigenvalue weighted by molar-refractivity contribution is 7.11. The minimum absolute atomic E-state index is 0.642. The molecule has 0 fully saturated rings. The fourth-order valence-corrected chi connectivity index (χ4v) is 1.85. The minimum Gasteiger partial charge on any atom is -0.374 e. The Labute approximate surface area is 82.9 Å². The van der Waals surface area contributed by atoms with Crippen molar-refractivity contribution in [3.05, 3.63) is 16.1 Å². The van der Waals surface area contributed by atoms with E-state index in [1.165, 1.54) is 4.88 Å². The maximum atomic E-state index is 5.44. The Balaban J connectivity index is 2.31. The molecule has 0 aromatic carbocycles. The third-order valence-electron chi connectivity index (χ3n) is 1.57. The first-order valence-electron chi connectivity index (χ1n) is 4.58. The summed E-state index contributed by atoms with van der Waals surface area (Å²) >= 11 is 1.69. The smallest absolute Gasteiger partial charge is 0.119 e. The van der Waals surface area contributed by atoms with E-state index in [-0.39, 0.29) is 0 Å². The van der Waals surface area contributed by atoms with Gasteiger partial charge < -0.3 is 10.5 Å². The fourth-order valence-electron chi connectivity index (χ4n) is 0.976. The highest BCUT2D eigenvalue weighted by Crippen LogP contribution is 2.13. The zero-order valence-electron chi connectivity index (χ0n) is 7.95. The van der Waals surface area contributed by atoms with Crippen molar-refractivity contribution in [2.75, 3.05) is 13.2 Å². The summed E-state index contributed by atoms with van der Waals surface area (Å²) in [5.74, 6) is 0. The van der Waals surface area contributed by atoms with Crippen molar-refractivity contribution in [2.45, 2.75) is 26.4 Å². The van der Waals surface area contributed by atoms with Crippen LogP contribution >= 0.6 is 11.3 Å². The van der Waals surface area contributed by atoms with Gasteiger partial charge in [0.2, 0.25) is 0 Å². The van der Waals surface area contributed by atoms with E-state index in [1.54, 1.807) is 11.3 Å². The molecule has 0 saturated heterocycles. The van der Waals surface area contributed by atoms with E-state index in [4.69, 9.17) is 10.5 Å². The number of aromatic nitrogens is 1. The second-order valence-electron chi connectivity index (χ2n) is 2.81. The normalized spacial score (nSPS) is 10.6. The Morgan fingerprint density at radius 3 is 3.15 bits per heavy atom. The largest absolute Gasteiger partial charge is 0.374 e. The lowest BCUT2D eigenvalue weighted by Crippen LogP contribution is -2.00. The lowest BCUT2D eigenvalue weighted by Gasteiger charge is -1.97. The van der Waals surface area contributed by atoms with Gasteiger partial charge in [-0.15, -0.1) is 11.3 Å². The van der Waals surface area contributed by atoms with Gasteiger partial charge in [-0.25, -0.2) is 4.98 Å². The molecule has 1 aromatic heterocycles. The molecule has 0 aliphatic carbocycles. The summed E-state index contributed by atoms with van der Waals surface area (Å²) in [6.45, 7) is 4.24. The molecule has 3 nitrogen and oxygen atoms in total. The molecule has 0 saturated carbocycles. The Hall–Kier alpha value is -0.450. The molecule has 0 bridgehead atoms. The Kier molecular flexibility index (Phi) is 4.97. The van der Waals surface area contributed by atoms with Gasteiger partial charge in [-0.3, -0.25) is 0 Å². The summed E-state index contributed by atoms with van der Waals surface area (Å²) in [6.07, 6.45) is 3.87. The van der Waals surface area contributed by atoms with Gasteiger partial charge in [-0.1, -0.05) is 6.92 Å². The van der Waals surface area contributed by atoms with Crippen molar-refractivity contribution < 1.29 is 4.74 Å². The molecule has 1 rings (SSSR count). The Morgan fingerprint density at radius 2 is 2.46 bits per heavy atom. The van der Waals surface area contributed by atoms with Crippen LogP contribution in [0.2, 0.25) is 0 Å². The molecule has 1 heterocycles. The minimum atomic E-state index is 0.642. The number of nitrogens with zero attached hydrogens (tertiary/aromatic N) is 1. The van der Waals surface area contributed by atoms with E-state index in [0.717, 1.165) is 24.5 Å². The van der Waals surface area contributed by atoms with Crippen molar-refractivity contribution in [2.24, 2.45) is 5.73 Å². The van der Waals surface area contributed by atoms with E-state index in [9.17, 15) is 0 Å². The van der Waals surface area contributed by atoms with Crippen LogP contribution in [0.15, 0.2) is 6.20 Å². The number of nitrogens with two attached hydrogens (primary N) is 1. The van der Waals surface area contributed by atoms with Crippen molar-refractivity contribution in [1.82, 2.24) is 4.98 Å². The highest BCUT2D eigenvalue weighted by Gasteiger charge is 2.00. The molecular formula is C9H16N2OS. The first kappa shape index (κ1) is 10.6. The predicted molar refractivity (Wildman–Crippen MR) is 54.8 cm³/mol. The topological polar surface area (TPSA) is 48.1 Å². The molecule has 0 aliphatic heterocycles. The molecule has 0 amide bonds. The standard InChI is InChI=1S/C9H16N2OS/c1-2-5-12-7-9-11-6-8(13-9)3-4-10/h6H,2-5,7,10H2,1H3. The van der Waals surface area contributed by atoms with Gasteiger partial charge >= 0.3 is 0 Å². The zero-order valence-corrected chi connectivity index (χ0v) is 8.77. The number of ether oxygens (including phenoxy) is 1. The summed E-state index contributed by atoms with van der Waals surface area (Å²) in [5.41, 5.74) is 5.44. The molecule has 4 heteroatoms. The SMILES string of the molecule is CCCOCc1ncc(CCN)s1. The third kappa shape index (κ3) is 3.85.